The number of carbonyl (C=O) groups is 1. The van der Waals surface area contributed by atoms with Crippen LogP contribution in [0.5, 0.6) is 5.75 Å². The van der Waals surface area contributed by atoms with Gasteiger partial charge >= 0.3 is 5.97 Å². The number of primary sulfonamides is 1. The summed E-state index contributed by atoms with van der Waals surface area (Å²) in [6.45, 7) is 3.90. The van der Waals surface area contributed by atoms with Gasteiger partial charge in [0.1, 0.15) is 4.90 Å². The summed E-state index contributed by atoms with van der Waals surface area (Å²) in [5.74, 6) is -1.03. The highest BCUT2D eigenvalue weighted by molar-refractivity contribution is 7.89. The van der Waals surface area contributed by atoms with E-state index >= 15 is 0 Å². The van der Waals surface area contributed by atoms with E-state index in [1.165, 1.54) is 6.07 Å². The third-order valence-electron chi connectivity index (χ3n) is 4.03. The quantitative estimate of drug-likeness (QED) is 0.691. The molecule has 1 aliphatic rings. The van der Waals surface area contributed by atoms with Gasteiger partial charge in [0.25, 0.3) is 0 Å². The number of carboxylic acid groups (broad SMARTS) is 1. The molecule has 0 radical (unpaired) electrons. The molecule has 0 aliphatic carbocycles. The summed E-state index contributed by atoms with van der Waals surface area (Å²) in [7, 11) is -4.10. The minimum Gasteiger partial charge on any atom is -0.490 e. The van der Waals surface area contributed by atoms with Crippen LogP contribution >= 0.6 is 0 Å². The Kier molecular flexibility index (Phi) is 6.06. The molecule has 1 saturated heterocycles. The van der Waals surface area contributed by atoms with Crippen molar-refractivity contribution in [3.63, 3.8) is 0 Å². The molecule has 2 rings (SSSR count). The third-order valence-corrected chi connectivity index (χ3v) is 4.95. The third kappa shape index (κ3) is 4.39. The van der Waals surface area contributed by atoms with E-state index in [0.717, 1.165) is 51.3 Å². The van der Waals surface area contributed by atoms with Gasteiger partial charge < -0.3 is 14.7 Å². The van der Waals surface area contributed by atoms with Crippen LogP contribution in [0, 0.1) is 0 Å². The monoisotopic (exact) mass is 356 g/mol. The second-order valence-electron chi connectivity index (χ2n) is 5.92. The summed E-state index contributed by atoms with van der Waals surface area (Å²) in [6, 6.07) is 2.55. The maximum absolute atomic E-state index is 12.0. The standard InChI is InChI=1S/C16H24N2O5S/c1-2-3-6-9-23-15-13(18-7-4-5-8-18)10-12(16(19)20)11-14(15)24(17,21)22/h10-11H,2-9H2,1H3,(H,19,20)(H2,17,21,22). The molecule has 0 aromatic heterocycles. The molecule has 8 heteroatoms. The van der Waals surface area contributed by atoms with Crippen molar-refractivity contribution < 1.29 is 23.1 Å². The molecule has 1 heterocycles. The summed E-state index contributed by atoms with van der Waals surface area (Å²) in [5, 5.41) is 14.6. The van der Waals surface area contributed by atoms with Gasteiger partial charge in [0.15, 0.2) is 5.75 Å². The summed E-state index contributed by atoms with van der Waals surface area (Å²) >= 11 is 0. The normalized spacial score (nSPS) is 14.8. The van der Waals surface area contributed by atoms with Crippen molar-refractivity contribution in [3.05, 3.63) is 17.7 Å². The first-order chi connectivity index (χ1) is 11.3. The SMILES string of the molecule is CCCCCOc1c(N2CCCC2)cc(C(=O)O)cc1S(N)(=O)=O. The number of hydrogen-bond acceptors (Lipinski definition) is 5. The van der Waals surface area contributed by atoms with Gasteiger partial charge in [-0.2, -0.15) is 0 Å². The number of carboxylic acids is 1. The van der Waals surface area contributed by atoms with Crippen molar-refractivity contribution in [1.82, 2.24) is 0 Å². The van der Waals surface area contributed by atoms with Crippen LogP contribution in [0.25, 0.3) is 0 Å². The molecule has 7 nitrogen and oxygen atoms in total. The largest absolute Gasteiger partial charge is 0.490 e. The minimum atomic E-state index is -4.10. The number of nitrogens with zero attached hydrogens (tertiary/aromatic N) is 1. The molecule has 24 heavy (non-hydrogen) atoms. The molecular weight excluding hydrogens is 332 g/mol. The number of unbranched alkanes of at least 4 members (excludes halogenated alkanes) is 2. The molecule has 0 unspecified atom stereocenters. The molecule has 1 aromatic rings. The molecule has 134 valence electrons. The maximum Gasteiger partial charge on any atom is 0.335 e. The van der Waals surface area contributed by atoms with Crippen LogP contribution in [0.15, 0.2) is 17.0 Å². The zero-order valence-electron chi connectivity index (χ0n) is 13.8. The lowest BCUT2D eigenvalue weighted by molar-refractivity contribution is 0.0696. The number of sulfonamides is 1. The fraction of sp³-hybridized carbons (Fsp3) is 0.562. The Morgan fingerprint density at radius 3 is 2.50 bits per heavy atom. The Labute approximate surface area is 142 Å². The van der Waals surface area contributed by atoms with E-state index in [2.05, 4.69) is 6.92 Å². The summed E-state index contributed by atoms with van der Waals surface area (Å²) in [6.07, 6.45) is 4.72. The van der Waals surface area contributed by atoms with Gasteiger partial charge in [0, 0.05) is 13.1 Å². The zero-order valence-corrected chi connectivity index (χ0v) is 14.6. The summed E-state index contributed by atoms with van der Waals surface area (Å²) in [5.41, 5.74) is 0.384. The Hall–Kier alpha value is -1.80. The van der Waals surface area contributed by atoms with Gasteiger partial charge in [-0.15, -0.1) is 0 Å². The smallest absolute Gasteiger partial charge is 0.335 e. The number of rotatable bonds is 8. The molecule has 1 aromatic carbocycles. The molecule has 3 N–H and O–H groups in total. The Morgan fingerprint density at radius 2 is 1.96 bits per heavy atom. The van der Waals surface area contributed by atoms with Crippen LogP contribution in [-0.4, -0.2) is 39.2 Å². The fourth-order valence-electron chi connectivity index (χ4n) is 2.79. The second-order valence-corrected chi connectivity index (χ2v) is 7.45. The highest BCUT2D eigenvalue weighted by atomic mass is 32.2. The van der Waals surface area contributed by atoms with Gasteiger partial charge in [-0.1, -0.05) is 19.8 Å². The summed E-state index contributed by atoms with van der Waals surface area (Å²) in [4.78, 5) is 13.1. The number of aromatic carboxylic acids is 1. The van der Waals surface area contributed by atoms with E-state index in [9.17, 15) is 18.3 Å². The van der Waals surface area contributed by atoms with E-state index in [-0.39, 0.29) is 16.2 Å². The number of anilines is 1. The van der Waals surface area contributed by atoms with Crippen LogP contribution in [0.3, 0.4) is 0 Å². The number of nitrogens with two attached hydrogens (primary N) is 1. The zero-order chi connectivity index (χ0) is 17.7. The molecule has 0 bridgehead atoms. The van der Waals surface area contributed by atoms with Crippen molar-refractivity contribution in [2.75, 3.05) is 24.6 Å². The maximum atomic E-state index is 12.0. The first kappa shape index (κ1) is 18.5. The van der Waals surface area contributed by atoms with E-state index in [1.807, 2.05) is 4.90 Å². The predicted molar refractivity (Wildman–Crippen MR) is 91.2 cm³/mol. The van der Waals surface area contributed by atoms with Crippen LogP contribution in [-0.2, 0) is 10.0 Å². The van der Waals surface area contributed by atoms with Crippen molar-refractivity contribution in [1.29, 1.82) is 0 Å². The lowest BCUT2D eigenvalue weighted by atomic mass is 10.1. The van der Waals surface area contributed by atoms with Gasteiger partial charge in [0.05, 0.1) is 17.9 Å². The molecule has 0 atom stereocenters. The van der Waals surface area contributed by atoms with Crippen molar-refractivity contribution in [2.24, 2.45) is 5.14 Å². The molecule has 0 saturated carbocycles. The average Bonchev–Trinajstić information content (AvgIpc) is 3.04. The fourth-order valence-corrected chi connectivity index (χ4v) is 3.50. The Morgan fingerprint density at radius 1 is 1.29 bits per heavy atom. The number of ether oxygens (including phenoxy) is 1. The van der Waals surface area contributed by atoms with Crippen molar-refractivity contribution in [2.45, 2.75) is 43.9 Å². The summed E-state index contributed by atoms with van der Waals surface area (Å²) < 4.78 is 29.7. The van der Waals surface area contributed by atoms with E-state index < -0.39 is 16.0 Å². The first-order valence-corrected chi connectivity index (χ1v) is 9.71. The minimum absolute atomic E-state index is 0.109. The van der Waals surface area contributed by atoms with Crippen molar-refractivity contribution in [3.8, 4) is 5.75 Å². The molecule has 1 fully saturated rings. The van der Waals surface area contributed by atoms with Gasteiger partial charge in [-0.3, -0.25) is 0 Å². The molecule has 0 amide bonds. The van der Waals surface area contributed by atoms with E-state index in [0.29, 0.717) is 12.3 Å². The lowest BCUT2D eigenvalue weighted by Gasteiger charge is -2.23. The Bertz CT molecular complexity index is 697. The van der Waals surface area contributed by atoms with Crippen LogP contribution in [0.4, 0.5) is 5.69 Å². The van der Waals surface area contributed by atoms with E-state index in [4.69, 9.17) is 9.88 Å². The first-order valence-electron chi connectivity index (χ1n) is 8.16. The predicted octanol–water partition coefficient (Wildman–Crippen LogP) is 2.20. The lowest BCUT2D eigenvalue weighted by Crippen LogP contribution is -2.22. The van der Waals surface area contributed by atoms with Crippen LogP contribution in [0.2, 0.25) is 0 Å². The average molecular weight is 356 g/mol. The van der Waals surface area contributed by atoms with Gasteiger partial charge in [-0.05, 0) is 31.4 Å². The second kappa shape index (κ2) is 7.85. The van der Waals surface area contributed by atoms with Crippen LogP contribution in [0.1, 0.15) is 49.4 Å². The van der Waals surface area contributed by atoms with Gasteiger partial charge in [0.2, 0.25) is 10.0 Å². The highest BCUT2D eigenvalue weighted by Gasteiger charge is 2.26. The highest BCUT2D eigenvalue weighted by Crippen LogP contribution is 2.38. The van der Waals surface area contributed by atoms with Crippen molar-refractivity contribution >= 4 is 21.7 Å². The van der Waals surface area contributed by atoms with Crippen LogP contribution < -0.4 is 14.8 Å². The van der Waals surface area contributed by atoms with E-state index in [1.54, 1.807) is 0 Å². The molecular formula is C16H24N2O5S. The number of hydrogen-bond donors (Lipinski definition) is 2. The Balaban J connectivity index is 2.50. The van der Waals surface area contributed by atoms with Gasteiger partial charge in [-0.25, -0.2) is 18.4 Å². The number of benzene rings is 1. The topological polar surface area (TPSA) is 110 Å². The molecule has 1 aliphatic heterocycles. The molecule has 0 spiro atoms.